The van der Waals surface area contributed by atoms with Crippen LogP contribution in [0.1, 0.15) is 27.7 Å². The van der Waals surface area contributed by atoms with Gasteiger partial charge in [-0.05, 0) is 62.2 Å². The molecule has 3 heterocycles. The van der Waals surface area contributed by atoms with Gasteiger partial charge in [-0.1, -0.05) is 72.8 Å². The van der Waals surface area contributed by atoms with Crippen molar-refractivity contribution >= 4 is 67.2 Å². The first kappa shape index (κ1) is 22.9. The van der Waals surface area contributed by atoms with Crippen LogP contribution in [0.3, 0.4) is 0 Å². The van der Waals surface area contributed by atoms with Gasteiger partial charge in [-0.15, -0.1) is 0 Å². The minimum atomic E-state index is -0.498. The summed E-state index contributed by atoms with van der Waals surface area (Å²) in [4.78, 5) is 0. The van der Waals surface area contributed by atoms with Crippen LogP contribution in [-0.2, 0) is 9.31 Å². The third-order valence-corrected chi connectivity index (χ3v) is 8.73. The standard InChI is InChI=1S/C34H27BO4/c1-33(2)34(3,4)39-35(38-33)28-16-9-15-25-24-14-8-13-23(31(24)37-32(25)28)21-12-7-10-20-18-27-22-11-5-6-17-29(22)36-30(27)19-26(20)21/h5-19H,1-4H3. The van der Waals surface area contributed by atoms with Gasteiger partial charge in [0.15, 0.2) is 0 Å². The normalized spacial score (nSPS) is 16.9. The Hall–Kier alpha value is -4.06. The van der Waals surface area contributed by atoms with Crippen molar-refractivity contribution in [2.45, 2.75) is 38.9 Å². The highest BCUT2D eigenvalue weighted by Crippen LogP contribution is 2.42. The van der Waals surface area contributed by atoms with Crippen LogP contribution in [0.2, 0.25) is 0 Å². The van der Waals surface area contributed by atoms with E-state index in [9.17, 15) is 0 Å². The quantitative estimate of drug-likeness (QED) is 0.219. The average molecular weight is 510 g/mol. The summed E-state index contributed by atoms with van der Waals surface area (Å²) in [5.74, 6) is 0. The number of benzene rings is 5. The van der Waals surface area contributed by atoms with Gasteiger partial charge in [0.05, 0.1) is 11.2 Å². The molecule has 0 amide bonds. The van der Waals surface area contributed by atoms with E-state index in [0.717, 1.165) is 71.2 Å². The third-order valence-electron chi connectivity index (χ3n) is 8.73. The van der Waals surface area contributed by atoms with Gasteiger partial charge >= 0.3 is 7.12 Å². The molecule has 0 aliphatic carbocycles. The zero-order chi connectivity index (χ0) is 26.5. The lowest BCUT2D eigenvalue weighted by atomic mass is 9.78. The fourth-order valence-electron chi connectivity index (χ4n) is 5.94. The lowest BCUT2D eigenvalue weighted by molar-refractivity contribution is 0.00578. The summed E-state index contributed by atoms with van der Waals surface area (Å²) < 4.78 is 25.8. The maximum absolute atomic E-state index is 6.72. The molecular formula is C34H27BO4. The fraction of sp³-hybridized carbons (Fsp3) is 0.176. The Balaban J connectivity index is 1.35. The maximum atomic E-state index is 6.72. The Bertz CT molecular complexity index is 2080. The number of fused-ring (bicyclic) bond motifs is 7. The second-order valence-corrected chi connectivity index (χ2v) is 11.6. The Morgan fingerprint density at radius 2 is 1.18 bits per heavy atom. The molecule has 4 nitrogen and oxygen atoms in total. The fourth-order valence-corrected chi connectivity index (χ4v) is 5.94. The molecule has 0 unspecified atom stereocenters. The first-order valence-electron chi connectivity index (χ1n) is 13.4. The predicted molar refractivity (Wildman–Crippen MR) is 160 cm³/mol. The van der Waals surface area contributed by atoms with Crippen molar-refractivity contribution in [3.8, 4) is 11.1 Å². The van der Waals surface area contributed by atoms with E-state index in [1.165, 1.54) is 0 Å². The summed E-state index contributed by atoms with van der Waals surface area (Å²) in [5.41, 5.74) is 5.66. The summed E-state index contributed by atoms with van der Waals surface area (Å²) in [6.45, 7) is 8.29. The van der Waals surface area contributed by atoms with Crippen LogP contribution >= 0.6 is 0 Å². The van der Waals surface area contributed by atoms with Crippen molar-refractivity contribution in [1.29, 1.82) is 0 Å². The molecule has 8 rings (SSSR count). The Morgan fingerprint density at radius 1 is 0.513 bits per heavy atom. The lowest BCUT2D eigenvalue weighted by Crippen LogP contribution is -2.41. The third kappa shape index (κ3) is 3.21. The number of hydrogen-bond donors (Lipinski definition) is 0. The van der Waals surface area contributed by atoms with E-state index in [4.69, 9.17) is 18.1 Å². The minimum absolute atomic E-state index is 0.429. The zero-order valence-electron chi connectivity index (χ0n) is 22.4. The Kier molecular flexibility index (Phi) is 4.55. The molecule has 0 bridgehead atoms. The van der Waals surface area contributed by atoms with Crippen LogP contribution in [0.25, 0.3) is 65.8 Å². The van der Waals surface area contributed by atoms with Crippen LogP contribution in [0, 0.1) is 0 Å². The summed E-state index contributed by atoms with van der Waals surface area (Å²) in [6, 6.07) is 31.6. The van der Waals surface area contributed by atoms with Gasteiger partial charge in [-0.25, -0.2) is 0 Å². The topological polar surface area (TPSA) is 44.7 Å². The second-order valence-electron chi connectivity index (χ2n) is 11.6. The van der Waals surface area contributed by atoms with Crippen molar-refractivity contribution in [2.24, 2.45) is 0 Å². The Morgan fingerprint density at radius 3 is 2.00 bits per heavy atom. The highest BCUT2D eigenvalue weighted by atomic mass is 16.7. The second kappa shape index (κ2) is 7.75. The molecule has 0 radical (unpaired) electrons. The molecule has 0 N–H and O–H groups in total. The summed E-state index contributed by atoms with van der Waals surface area (Å²) in [6.07, 6.45) is 0. The molecule has 39 heavy (non-hydrogen) atoms. The van der Waals surface area contributed by atoms with Gasteiger partial charge in [0.25, 0.3) is 0 Å². The molecule has 1 saturated heterocycles. The van der Waals surface area contributed by atoms with Crippen molar-refractivity contribution in [3.05, 3.63) is 91.0 Å². The SMILES string of the molecule is CC1(C)OB(c2cccc3c2oc2c(-c4cccc5cc6c(cc45)oc4ccccc46)cccc23)OC1(C)C. The first-order valence-corrected chi connectivity index (χ1v) is 13.4. The highest BCUT2D eigenvalue weighted by molar-refractivity contribution is 6.65. The summed E-state index contributed by atoms with van der Waals surface area (Å²) in [7, 11) is -0.498. The lowest BCUT2D eigenvalue weighted by Gasteiger charge is -2.32. The molecular weight excluding hydrogens is 483 g/mol. The van der Waals surface area contributed by atoms with E-state index in [2.05, 4.69) is 100 Å². The van der Waals surface area contributed by atoms with E-state index in [1.807, 2.05) is 18.2 Å². The van der Waals surface area contributed by atoms with E-state index >= 15 is 0 Å². The summed E-state index contributed by atoms with van der Waals surface area (Å²) in [5, 5.41) is 6.68. The smallest absolute Gasteiger partial charge is 0.456 e. The van der Waals surface area contributed by atoms with Crippen molar-refractivity contribution < 1.29 is 18.1 Å². The van der Waals surface area contributed by atoms with Crippen LogP contribution in [0.15, 0.2) is 99.8 Å². The van der Waals surface area contributed by atoms with E-state index in [0.29, 0.717) is 0 Å². The molecule has 5 heteroatoms. The van der Waals surface area contributed by atoms with Gasteiger partial charge in [-0.3, -0.25) is 0 Å². The maximum Gasteiger partial charge on any atom is 0.498 e. The first-order chi connectivity index (χ1) is 18.8. The van der Waals surface area contributed by atoms with Crippen LogP contribution in [0.5, 0.6) is 0 Å². The molecule has 0 spiro atoms. The van der Waals surface area contributed by atoms with Gasteiger partial charge in [0, 0.05) is 32.6 Å². The van der Waals surface area contributed by atoms with Gasteiger partial charge < -0.3 is 18.1 Å². The van der Waals surface area contributed by atoms with Crippen LogP contribution in [-0.4, -0.2) is 18.3 Å². The molecule has 7 aromatic rings. The van der Waals surface area contributed by atoms with Crippen LogP contribution in [0.4, 0.5) is 0 Å². The van der Waals surface area contributed by atoms with Crippen LogP contribution < -0.4 is 5.46 Å². The molecule has 0 saturated carbocycles. The molecule has 190 valence electrons. The van der Waals surface area contributed by atoms with Crippen molar-refractivity contribution in [1.82, 2.24) is 0 Å². The number of hydrogen-bond acceptors (Lipinski definition) is 4. The predicted octanol–water partition coefficient (Wildman–Crippen LogP) is 8.60. The average Bonchev–Trinajstić information content (AvgIpc) is 3.55. The number of furan rings is 2. The molecule has 1 aliphatic rings. The van der Waals surface area contributed by atoms with Gasteiger partial charge in [-0.2, -0.15) is 0 Å². The zero-order valence-corrected chi connectivity index (χ0v) is 22.4. The number of rotatable bonds is 2. The highest BCUT2D eigenvalue weighted by Gasteiger charge is 2.52. The van der Waals surface area contributed by atoms with Gasteiger partial charge in [0.2, 0.25) is 0 Å². The minimum Gasteiger partial charge on any atom is -0.456 e. The van der Waals surface area contributed by atoms with Crippen molar-refractivity contribution in [2.75, 3.05) is 0 Å². The molecule has 1 aliphatic heterocycles. The monoisotopic (exact) mass is 510 g/mol. The summed E-state index contributed by atoms with van der Waals surface area (Å²) >= 11 is 0. The van der Waals surface area contributed by atoms with E-state index < -0.39 is 18.3 Å². The van der Waals surface area contributed by atoms with Gasteiger partial charge in [0.1, 0.15) is 22.3 Å². The molecule has 2 aromatic heterocycles. The molecule has 1 fully saturated rings. The number of para-hydroxylation sites is 3. The van der Waals surface area contributed by atoms with E-state index in [1.54, 1.807) is 0 Å². The molecule has 0 atom stereocenters. The van der Waals surface area contributed by atoms with E-state index in [-0.39, 0.29) is 0 Å². The van der Waals surface area contributed by atoms with Crippen molar-refractivity contribution in [3.63, 3.8) is 0 Å². The molecule has 5 aromatic carbocycles. The largest absolute Gasteiger partial charge is 0.498 e. The Labute approximate surface area is 226 Å².